The van der Waals surface area contributed by atoms with Gasteiger partial charge in [-0.2, -0.15) is 0 Å². The molecule has 2 aromatic rings. The minimum atomic E-state index is 1.09. The molecule has 0 radical (unpaired) electrons. The summed E-state index contributed by atoms with van der Waals surface area (Å²) in [6, 6.07) is 6.49. The van der Waals surface area contributed by atoms with E-state index in [0.717, 1.165) is 6.42 Å². The molecule has 1 N–H and O–H groups in total. The molecule has 0 spiro atoms. The summed E-state index contributed by atoms with van der Waals surface area (Å²) in [5.41, 5.74) is 2.70. The van der Waals surface area contributed by atoms with Gasteiger partial charge < -0.3 is 4.98 Å². The first kappa shape index (κ1) is 8.70. The Hall–Kier alpha value is -0.890. The SMILES string of the molecule is CCc1cccc2c(SC)c[nH]c12. The highest BCUT2D eigenvalue weighted by Gasteiger charge is 2.04. The Morgan fingerprint density at radius 3 is 2.92 bits per heavy atom. The Kier molecular flexibility index (Phi) is 2.32. The summed E-state index contributed by atoms with van der Waals surface area (Å²) in [6.45, 7) is 2.19. The molecule has 0 aliphatic carbocycles. The van der Waals surface area contributed by atoms with Crippen LogP contribution in [0.3, 0.4) is 0 Å². The van der Waals surface area contributed by atoms with Crippen molar-refractivity contribution < 1.29 is 0 Å². The van der Waals surface area contributed by atoms with Gasteiger partial charge in [-0.25, -0.2) is 0 Å². The number of aromatic amines is 1. The highest BCUT2D eigenvalue weighted by atomic mass is 32.2. The number of aryl methyl sites for hydroxylation is 1. The first-order valence-corrected chi connectivity index (χ1v) is 5.72. The van der Waals surface area contributed by atoms with Crippen molar-refractivity contribution in [2.75, 3.05) is 6.26 Å². The number of hydrogen-bond acceptors (Lipinski definition) is 1. The van der Waals surface area contributed by atoms with Gasteiger partial charge in [-0.3, -0.25) is 0 Å². The Morgan fingerprint density at radius 1 is 1.38 bits per heavy atom. The minimum Gasteiger partial charge on any atom is -0.360 e. The number of rotatable bonds is 2. The maximum atomic E-state index is 3.34. The van der Waals surface area contributed by atoms with Crippen molar-refractivity contribution in [3.8, 4) is 0 Å². The summed E-state index contributed by atoms with van der Waals surface area (Å²) in [6.07, 6.45) is 5.29. The molecule has 1 aromatic carbocycles. The zero-order valence-electron chi connectivity index (χ0n) is 7.92. The number of nitrogens with one attached hydrogen (secondary N) is 1. The van der Waals surface area contributed by atoms with Crippen LogP contribution < -0.4 is 0 Å². The number of aromatic nitrogens is 1. The van der Waals surface area contributed by atoms with Gasteiger partial charge in [-0.05, 0) is 18.2 Å². The van der Waals surface area contributed by atoms with Gasteiger partial charge in [0, 0.05) is 22.0 Å². The number of H-pyrrole nitrogens is 1. The van der Waals surface area contributed by atoms with Crippen LogP contribution in [0.15, 0.2) is 29.3 Å². The van der Waals surface area contributed by atoms with Crippen LogP contribution in [-0.4, -0.2) is 11.2 Å². The molecule has 0 bridgehead atoms. The standard InChI is InChI=1S/C11H13NS/c1-3-8-5-4-6-9-10(13-2)7-12-11(8)9/h4-7,12H,3H2,1-2H3. The second-order valence-electron chi connectivity index (χ2n) is 3.05. The van der Waals surface area contributed by atoms with Crippen LogP contribution >= 0.6 is 11.8 Å². The van der Waals surface area contributed by atoms with E-state index in [1.807, 2.05) is 0 Å². The minimum absolute atomic E-state index is 1.09. The van der Waals surface area contributed by atoms with E-state index in [4.69, 9.17) is 0 Å². The summed E-state index contributed by atoms with van der Waals surface area (Å²) >= 11 is 1.79. The van der Waals surface area contributed by atoms with Crippen molar-refractivity contribution in [1.82, 2.24) is 4.98 Å². The third-order valence-corrected chi connectivity index (χ3v) is 3.14. The van der Waals surface area contributed by atoms with E-state index in [2.05, 4.69) is 42.6 Å². The van der Waals surface area contributed by atoms with Gasteiger partial charge in [0.05, 0.1) is 0 Å². The first-order valence-electron chi connectivity index (χ1n) is 4.49. The summed E-state index contributed by atoms with van der Waals surface area (Å²) in [4.78, 5) is 4.68. The molecule has 0 unspecified atom stereocenters. The van der Waals surface area contributed by atoms with E-state index in [1.165, 1.54) is 21.4 Å². The Labute approximate surface area is 82.5 Å². The zero-order chi connectivity index (χ0) is 9.26. The molecule has 2 rings (SSSR count). The van der Waals surface area contributed by atoms with Gasteiger partial charge in [0.25, 0.3) is 0 Å². The monoisotopic (exact) mass is 191 g/mol. The van der Waals surface area contributed by atoms with Crippen molar-refractivity contribution in [2.24, 2.45) is 0 Å². The molecule has 1 aromatic heterocycles. The number of thioether (sulfide) groups is 1. The third kappa shape index (κ3) is 1.35. The van der Waals surface area contributed by atoms with E-state index in [0.29, 0.717) is 0 Å². The largest absolute Gasteiger partial charge is 0.360 e. The molecule has 0 atom stereocenters. The van der Waals surface area contributed by atoms with Gasteiger partial charge >= 0.3 is 0 Å². The van der Waals surface area contributed by atoms with E-state index < -0.39 is 0 Å². The van der Waals surface area contributed by atoms with E-state index in [-0.39, 0.29) is 0 Å². The Morgan fingerprint density at radius 2 is 2.23 bits per heavy atom. The van der Waals surface area contributed by atoms with Crippen LogP contribution in [-0.2, 0) is 6.42 Å². The van der Waals surface area contributed by atoms with Crippen LogP contribution in [0.1, 0.15) is 12.5 Å². The number of fused-ring (bicyclic) bond motifs is 1. The number of hydrogen-bond donors (Lipinski definition) is 1. The van der Waals surface area contributed by atoms with Crippen molar-refractivity contribution >= 4 is 22.7 Å². The molecule has 2 heteroatoms. The highest BCUT2D eigenvalue weighted by Crippen LogP contribution is 2.27. The lowest BCUT2D eigenvalue weighted by molar-refractivity contribution is 1.15. The zero-order valence-corrected chi connectivity index (χ0v) is 8.74. The molecule has 1 heterocycles. The summed E-state index contributed by atoms with van der Waals surface area (Å²) in [5, 5.41) is 1.35. The summed E-state index contributed by atoms with van der Waals surface area (Å²) < 4.78 is 0. The normalized spacial score (nSPS) is 10.9. The number of benzene rings is 1. The molecule has 0 fully saturated rings. The summed E-state index contributed by atoms with van der Waals surface area (Å²) in [5.74, 6) is 0. The fourth-order valence-corrected chi connectivity index (χ4v) is 2.22. The van der Waals surface area contributed by atoms with Crippen LogP contribution in [0.5, 0.6) is 0 Å². The predicted molar refractivity (Wildman–Crippen MR) is 59.5 cm³/mol. The van der Waals surface area contributed by atoms with Crippen LogP contribution in [0.4, 0.5) is 0 Å². The van der Waals surface area contributed by atoms with Gasteiger partial charge in [0.15, 0.2) is 0 Å². The van der Waals surface area contributed by atoms with Gasteiger partial charge in [-0.1, -0.05) is 25.1 Å². The first-order chi connectivity index (χ1) is 6.36. The molecule has 0 saturated carbocycles. The average Bonchev–Trinajstić information content (AvgIpc) is 2.60. The van der Waals surface area contributed by atoms with Crippen LogP contribution in [0.2, 0.25) is 0 Å². The van der Waals surface area contributed by atoms with E-state index in [9.17, 15) is 0 Å². The fraction of sp³-hybridized carbons (Fsp3) is 0.273. The predicted octanol–water partition coefficient (Wildman–Crippen LogP) is 3.45. The second kappa shape index (κ2) is 3.46. The van der Waals surface area contributed by atoms with Crippen molar-refractivity contribution in [1.29, 1.82) is 0 Å². The van der Waals surface area contributed by atoms with Crippen molar-refractivity contribution in [2.45, 2.75) is 18.2 Å². The average molecular weight is 191 g/mol. The molecule has 0 aliphatic rings. The summed E-state index contributed by atoms with van der Waals surface area (Å²) in [7, 11) is 0. The lowest BCUT2D eigenvalue weighted by Crippen LogP contribution is -1.81. The molecule has 68 valence electrons. The fourth-order valence-electron chi connectivity index (χ4n) is 1.65. The molecule has 13 heavy (non-hydrogen) atoms. The van der Waals surface area contributed by atoms with Gasteiger partial charge in [-0.15, -0.1) is 11.8 Å². The lowest BCUT2D eigenvalue weighted by Gasteiger charge is -1.98. The lowest BCUT2D eigenvalue weighted by atomic mass is 10.1. The molecular formula is C11H13NS. The van der Waals surface area contributed by atoms with Gasteiger partial charge in [0.2, 0.25) is 0 Å². The quantitative estimate of drug-likeness (QED) is 0.719. The third-order valence-electron chi connectivity index (χ3n) is 2.36. The Balaban J connectivity index is 2.72. The maximum Gasteiger partial charge on any atom is 0.0498 e. The Bertz CT molecular complexity index is 417. The van der Waals surface area contributed by atoms with Crippen molar-refractivity contribution in [3.63, 3.8) is 0 Å². The molecule has 1 nitrogen and oxygen atoms in total. The molecule has 0 aliphatic heterocycles. The van der Waals surface area contributed by atoms with Crippen LogP contribution in [0.25, 0.3) is 10.9 Å². The van der Waals surface area contributed by atoms with Gasteiger partial charge in [0.1, 0.15) is 0 Å². The number of para-hydroxylation sites is 1. The van der Waals surface area contributed by atoms with E-state index >= 15 is 0 Å². The molecule has 0 amide bonds. The van der Waals surface area contributed by atoms with Crippen molar-refractivity contribution in [3.05, 3.63) is 30.0 Å². The smallest absolute Gasteiger partial charge is 0.0498 e. The van der Waals surface area contributed by atoms with Crippen LogP contribution in [0, 0.1) is 0 Å². The maximum absolute atomic E-state index is 3.34. The second-order valence-corrected chi connectivity index (χ2v) is 3.90. The topological polar surface area (TPSA) is 15.8 Å². The molecule has 0 saturated heterocycles. The highest BCUT2D eigenvalue weighted by molar-refractivity contribution is 7.98. The van der Waals surface area contributed by atoms with E-state index in [1.54, 1.807) is 11.8 Å². The molecular weight excluding hydrogens is 178 g/mol.